The Kier molecular flexibility index (Phi) is 4.63. The van der Waals surface area contributed by atoms with Crippen molar-refractivity contribution in [1.29, 1.82) is 0 Å². The first-order chi connectivity index (χ1) is 11.6. The largest absolute Gasteiger partial charge is 0.305 e. The van der Waals surface area contributed by atoms with Crippen LogP contribution in [0.1, 0.15) is 25.0 Å². The molecule has 0 aliphatic carbocycles. The molecule has 1 aliphatic rings. The van der Waals surface area contributed by atoms with Gasteiger partial charge in [0.05, 0.1) is 0 Å². The van der Waals surface area contributed by atoms with Gasteiger partial charge >= 0.3 is 0 Å². The van der Waals surface area contributed by atoms with Crippen LogP contribution >= 0.6 is 0 Å². The zero-order valence-corrected chi connectivity index (χ0v) is 16.5. The number of rotatable bonds is 4. The molecule has 0 N–H and O–H groups in total. The Bertz CT molecular complexity index is 873. The smallest absolute Gasteiger partial charge is 0.245 e. The maximum absolute atomic E-state index is 13.4. The van der Waals surface area contributed by atoms with E-state index in [1.807, 2.05) is 27.1 Å². The van der Waals surface area contributed by atoms with Crippen LogP contribution in [0.25, 0.3) is 11.0 Å². The molecule has 1 saturated heterocycles. The van der Waals surface area contributed by atoms with E-state index < -0.39 is 10.0 Å². The lowest BCUT2D eigenvalue weighted by Gasteiger charge is -2.27. The Morgan fingerprint density at radius 2 is 1.80 bits per heavy atom. The van der Waals surface area contributed by atoms with Gasteiger partial charge in [0, 0.05) is 19.1 Å². The highest BCUT2D eigenvalue weighted by atomic mass is 32.2. The molecule has 1 aromatic carbocycles. The van der Waals surface area contributed by atoms with Crippen molar-refractivity contribution in [3.63, 3.8) is 0 Å². The van der Waals surface area contributed by atoms with Gasteiger partial charge in [-0.1, -0.05) is 19.9 Å². The van der Waals surface area contributed by atoms with Gasteiger partial charge < -0.3 is 4.90 Å². The van der Waals surface area contributed by atoms with Gasteiger partial charge in [-0.3, -0.25) is 0 Å². The number of aryl methyl sites for hydroxylation is 2. The maximum atomic E-state index is 13.4. The Hall–Kier alpha value is -1.51. The molecule has 2 aromatic rings. The third kappa shape index (κ3) is 2.96. The van der Waals surface area contributed by atoms with E-state index >= 15 is 0 Å². The fourth-order valence-electron chi connectivity index (χ4n) is 3.87. The minimum absolute atomic E-state index is 0.200. The fraction of sp³-hybridized carbons (Fsp3) is 0.647. The molecule has 7 nitrogen and oxygen atoms in total. The highest BCUT2D eigenvalue weighted by Gasteiger charge is 2.42. The minimum Gasteiger partial charge on any atom is -0.305 e. The third-order valence-electron chi connectivity index (χ3n) is 5.29. The molecule has 0 saturated carbocycles. The molecule has 2 atom stereocenters. The van der Waals surface area contributed by atoms with Gasteiger partial charge in [0.25, 0.3) is 0 Å². The van der Waals surface area contributed by atoms with Crippen molar-refractivity contribution in [1.82, 2.24) is 19.5 Å². The molecule has 0 bridgehead atoms. The van der Waals surface area contributed by atoms with Crippen LogP contribution in [0.5, 0.6) is 0 Å². The number of hydrogen-bond donors (Lipinski definition) is 0. The summed E-state index contributed by atoms with van der Waals surface area (Å²) in [5, 5.41) is 7.75. The molecular weight excluding hydrogens is 340 g/mol. The van der Waals surface area contributed by atoms with Crippen LogP contribution in [-0.2, 0) is 10.0 Å². The van der Waals surface area contributed by atoms with E-state index in [2.05, 4.69) is 29.1 Å². The fourth-order valence-corrected chi connectivity index (χ4v) is 5.69. The van der Waals surface area contributed by atoms with Crippen LogP contribution in [0, 0.1) is 25.7 Å². The Morgan fingerprint density at radius 3 is 2.36 bits per heavy atom. The SMILES string of the molecule is Cc1cc(C)c2nonc2c1S(=O)(=O)N1C[C@H](C(C)C)[C@@H](N(C)C)C1. The standard InChI is InChI=1S/C17H26N4O3S/c1-10(2)13-8-21(9-14(13)20(5)6)25(22,23)17-12(4)7-11(3)15-16(17)19-24-18-15/h7,10,13-14H,8-9H2,1-6H3/t13-,14+/m1/s1. The zero-order valence-electron chi connectivity index (χ0n) is 15.6. The lowest BCUT2D eigenvalue weighted by Crippen LogP contribution is -2.37. The molecule has 1 aromatic heterocycles. The summed E-state index contributed by atoms with van der Waals surface area (Å²) < 4.78 is 33.2. The van der Waals surface area contributed by atoms with Crippen LogP contribution in [0.4, 0.5) is 0 Å². The van der Waals surface area contributed by atoms with E-state index in [9.17, 15) is 8.42 Å². The van der Waals surface area contributed by atoms with Crippen molar-refractivity contribution in [2.75, 3.05) is 27.2 Å². The van der Waals surface area contributed by atoms with E-state index in [4.69, 9.17) is 4.63 Å². The summed E-state index contributed by atoms with van der Waals surface area (Å²) in [5.74, 6) is 0.696. The molecule has 2 heterocycles. The summed E-state index contributed by atoms with van der Waals surface area (Å²) in [6, 6.07) is 2.03. The first-order valence-electron chi connectivity index (χ1n) is 8.53. The van der Waals surface area contributed by atoms with Crippen molar-refractivity contribution in [2.24, 2.45) is 11.8 Å². The molecule has 0 radical (unpaired) electrons. The first-order valence-corrected chi connectivity index (χ1v) is 9.97. The second-order valence-corrected chi connectivity index (χ2v) is 9.44. The number of hydrogen-bond acceptors (Lipinski definition) is 6. The average Bonchev–Trinajstić information content (AvgIpc) is 3.13. The summed E-state index contributed by atoms with van der Waals surface area (Å²) in [6.45, 7) is 8.97. The third-order valence-corrected chi connectivity index (χ3v) is 7.29. The van der Waals surface area contributed by atoms with Gasteiger partial charge in [0.15, 0.2) is 5.52 Å². The highest BCUT2D eigenvalue weighted by molar-refractivity contribution is 7.89. The summed E-state index contributed by atoms with van der Waals surface area (Å²) in [7, 11) is 0.343. The molecule has 0 spiro atoms. The van der Waals surface area contributed by atoms with Crippen molar-refractivity contribution in [3.8, 4) is 0 Å². The van der Waals surface area contributed by atoms with Gasteiger partial charge in [0.1, 0.15) is 10.4 Å². The van der Waals surface area contributed by atoms with Crippen molar-refractivity contribution >= 4 is 21.1 Å². The number of nitrogens with zero attached hydrogens (tertiary/aromatic N) is 4. The predicted octanol–water partition coefficient (Wildman–Crippen LogP) is 2.05. The number of fused-ring (bicyclic) bond motifs is 1. The van der Waals surface area contributed by atoms with Crippen LogP contribution in [0.2, 0.25) is 0 Å². The van der Waals surface area contributed by atoms with E-state index in [-0.39, 0.29) is 10.9 Å². The second-order valence-electron chi connectivity index (χ2n) is 7.56. The van der Waals surface area contributed by atoms with Crippen molar-refractivity contribution < 1.29 is 13.0 Å². The van der Waals surface area contributed by atoms with Gasteiger partial charge in [-0.05, 0) is 61.2 Å². The van der Waals surface area contributed by atoms with Crippen molar-refractivity contribution in [3.05, 3.63) is 17.2 Å². The van der Waals surface area contributed by atoms with E-state index in [0.717, 1.165) is 5.56 Å². The molecule has 1 fully saturated rings. The molecule has 1 aliphatic heterocycles. The number of aromatic nitrogens is 2. The van der Waals surface area contributed by atoms with Crippen LogP contribution < -0.4 is 0 Å². The molecular formula is C17H26N4O3S. The quantitative estimate of drug-likeness (QED) is 0.824. The minimum atomic E-state index is -3.67. The summed E-state index contributed by atoms with van der Waals surface area (Å²) in [6.07, 6.45) is 0. The zero-order chi connectivity index (χ0) is 18.5. The number of likely N-dealkylation sites (N-methyl/N-ethyl adjacent to an activating group) is 1. The van der Waals surface area contributed by atoms with E-state index in [0.29, 0.717) is 41.5 Å². The molecule has 138 valence electrons. The Morgan fingerprint density at radius 1 is 1.16 bits per heavy atom. The van der Waals surface area contributed by atoms with Gasteiger partial charge in [-0.15, -0.1) is 0 Å². The Balaban J connectivity index is 2.08. The average molecular weight is 366 g/mol. The van der Waals surface area contributed by atoms with Gasteiger partial charge in [0.2, 0.25) is 10.0 Å². The highest BCUT2D eigenvalue weighted by Crippen LogP contribution is 2.35. The van der Waals surface area contributed by atoms with Gasteiger partial charge in [-0.25, -0.2) is 13.0 Å². The van der Waals surface area contributed by atoms with Crippen LogP contribution in [-0.4, -0.2) is 61.2 Å². The number of benzene rings is 1. The molecule has 0 unspecified atom stereocenters. The lowest BCUT2D eigenvalue weighted by atomic mass is 9.91. The summed E-state index contributed by atoms with van der Waals surface area (Å²) >= 11 is 0. The van der Waals surface area contributed by atoms with E-state index in [1.54, 1.807) is 11.2 Å². The predicted molar refractivity (Wildman–Crippen MR) is 95.8 cm³/mol. The summed E-state index contributed by atoms with van der Waals surface area (Å²) in [5.41, 5.74) is 2.37. The van der Waals surface area contributed by atoms with Crippen LogP contribution in [0.15, 0.2) is 15.6 Å². The first kappa shape index (κ1) is 18.3. The summed E-state index contributed by atoms with van der Waals surface area (Å²) in [4.78, 5) is 2.34. The molecule has 8 heteroatoms. The monoisotopic (exact) mass is 366 g/mol. The van der Waals surface area contributed by atoms with Crippen molar-refractivity contribution in [2.45, 2.75) is 38.6 Å². The van der Waals surface area contributed by atoms with Gasteiger partial charge in [-0.2, -0.15) is 4.31 Å². The van der Waals surface area contributed by atoms with E-state index in [1.165, 1.54) is 0 Å². The van der Waals surface area contributed by atoms with Crippen LogP contribution in [0.3, 0.4) is 0 Å². The topological polar surface area (TPSA) is 79.5 Å². The normalized spacial score (nSPS) is 22.6. The Labute approximate surface area is 149 Å². The maximum Gasteiger partial charge on any atom is 0.245 e. The second kappa shape index (κ2) is 6.34. The molecule has 0 amide bonds. The molecule has 25 heavy (non-hydrogen) atoms. The molecule has 3 rings (SSSR count). The lowest BCUT2D eigenvalue weighted by molar-refractivity contribution is 0.216. The number of sulfonamides is 1.